The molecule has 0 unspecified atom stereocenters. The summed E-state index contributed by atoms with van der Waals surface area (Å²) >= 11 is 0. The number of hydrogen-bond donors (Lipinski definition) is 1. The van der Waals surface area contributed by atoms with Crippen LogP contribution < -0.4 is 4.74 Å². The van der Waals surface area contributed by atoms with Gasteiger partial charge in [0.15, 0.2) is 11.3 Å². The molecule has 2 aromatic carbocycles. The summed E-state index contributed by atoms with van der Waals surface area (Å²) in [6, 6.07) is 18.3. The number of aromatic amines is 1. The molecule has 0 saturated heterocycles. The zero-order valence-electron chi connectivity index (χ0n) is 14.0. The van der Waals surface area contributed by atoms with Crippen molar-refractivity contribution in [1.82, 2.24) is 25.2 Å². The molecule has 0 saturated carbocycles. The Morgan fingerprint density at radius 2 is 1.88 bits per heavy atom. The quantitative estimate of drug-likeness (QED) is 0.533. The third kappa shape index (κ3) is 2.03. The molecule has 1 N–H and O–H groups in total. The zero-order valence-corrected chi connectivity index (χ0v) is 14.0. The Kier molecular flexibility index (Phi) is 3.24. The van der Waals surface area contributed by atoms with E-state index in [1.807, 2.05) is 43.3 Å². The number of nitrogens with one attached hydrogen (secondary N) is 1. The lowest BCUT2D eigenvalue weighted by Gasteiger charge is -2.09. The minimum absolute atomic E-state index is 0.369. The molecule has 5 aromatic rings. The molecule has 7 heteroatoms. The Morgan fingerprint density at radius 1 is 1.08 bits per heavy atom. The van der Waals surface area contributed by atoms with Gasteiger partial charge in [0.25, 0.3) is 0 Å². The average molecular weight is 345 g/mol. The van der Waals surface area contributed by atoms with Crippen LogP contribution in [0.15, 0.2) is 59.0 Å². The number of ether oxygens (including phenoxy) is 1. The Bertz CT molecular complexity index is 1190. The topological polar surface area (TPSA) is 81.8 Å². The summed E-state index contributed by atoms with van der Waals surface area (Å²) in [7, 11) is 0. The SMILES string of the molecule is CCOc1c(-c2nn[nH]n2)oc2c3ccccc3n(-c3ccccc3)c12. The second-order valence-electron chi connectivity index (χ2n) is 5.79. The first kappa shape index (κ1) is 14.7. The molecule has 3 aromatic heterocycles. The number of aromatic nitrogens is 5. The fraction of sp³-hybridized carbons (Fsp3) is 0.105. The Balaban J connectivity index is 1.94. The highest BCUT2D eigenvalue weighted by Crippen LogP contribution is 2.44. The van der Waals surface area contributed by atoms with E-state index in [0.29, 0.717) is 23.9 Å². The summed E-state index contributed by atoms with van der Waals surface area (Å²) in [5.74, 6) is 1.46. The van der Waals surface area contributed by atoms with Gasteiger partial charge in [-0.3, -0.25) is 0 Å². The van der Waals surface area contributed by atoms with E-state index in [2.05, 4.69) is 43.4 Å². The first-order valence-electron chi connectivity index (χ1n) is 8.36. The fourth-order valence-corrected chi connectivity index (χ4v) is 3.30. The van der Waals surface area contributed by atoms with Crippen LogP contribution in [-0.2, 0) is 0 Å². The van der Waals surface area contributed by atoms with Crippen molar-refractivity contribution in [2.75, 3.05) is 6.61 Å². The van der Waals surface area contributed by atoms with Crippen molar-refractivity contribution in [3.63, 3.8) is 0 Å². The second-order valence-corrected chi connectivity index (χ2v) is 5.79. The summed E-state index contributed by atoms with van der Waals surface area (Å²) in [5.41, 5.74) is 3.68. The van der Waals surface area contributed by atoms with Gasteiger partial charge in [-0.2, -0.15) is 5.21 Å². The molecule has 0 radical (unpaired) electrons. The molecule has 0 aliphatic carbocycles. The summed E-state index contributed by atoms with van der Waals surface area (Å²) in [6.07, 6.45) is 0. The molecular formula is C19H15N5O2. The molecule has 0 aliphatic heterocycles. The lowest BCUT2D eigenvalue weighted by Crippen LogP contribution is -1.98. The lowest BCUT2D eigenvalue weighted by molar-refractivity contribution is 0.340. The average Bonchev–Trinajstić information content (AvgIpc) is 3.38. The first-order chi connectivity index (χ1) is 12.9. The van der Waals surface area contributed by atoms with Gasteiger partial charge >= 0.3 is 0 Å². The molecule has 0 fully saturated rings. The van der Waals surface area contributed by atoms with E-state index in [0.717, 1.165) is 27.7 Å². The molecule has 0 atom stereocenters. The number of rotatable bonds is 4. The number of para-hydroxylation sites is 2. The number of benzene rings is 2. The van der Waals surface area contributed by atoms with E-state index in [-0.39, 0.29) is 0 Å². The van der Waals surface area contributed by atoms with Gasteiger partial charge in [0.2, 0.25) is 11.6 Å². The van der Waals surface area contributed by atoms with E-state index in [1.165, 1.54) is 0 Å². The number of furan rings is 1. The van der Waals surface area contributed by atoms with Gasteiger partial charge in [0.1, 0.15) is 5.52 Å². The monoisotopic (exact) mass is 345 g/mol. The fourth-order valence-electron chi connectivity index (χ4n) is 3.30. The molecule has 26 heavy (non-hydrogen) atoms. The first-order valence-corrected chi connectivity index (χ1v) is 8.36. The van der Waals surface area contributed by atoms with E-state index >= 15 is 0 Å². The van der Waals surface area contributed by atoms with Gasteiger partial charge in [0, 0.05) is 11.1 Å². The van der Waals surface area contributed by atoms with Crippen molar-refractivity contribution in [3.05, 3.63) is 54.6 Å². The number of tetrazole rings is 1. The highest BCUT2D eigenvalue weighted by molar-refractivity contribution is 6.10. The van der Waals surface area contributed by atoms with E-state index < -0.39 is 0 Å². The summed E-state index contributed by atoms with van der Waals surface area (Å²) in [6.45, 7) is 2.43. The highest BCUT2D eigenvalue weighted by atomic mass is 16.5. The smallest absolute Gasteiger partial charge is 0.243 e. The zero-order chi connectivity index (χ0) is 17.5. The molecule has 7 nitrogen and oxygen atoms in total. The van der Waals surface area contributed by atoms with Crippen LogP contribution in [0, 0.1) is 0 Å². The van der Waals surface area contributed by atoms with Crippen molar-refractivity contribution in [2.24, 2.45) is 0 Å². The molecule has 128 valence electrons. The predicted molar refractivity (Wildman–Crippen MR) is 97.4 cm³/mol. The van der Waals surface area contributed by atoms with Crippen LogP contribution in [0.25, 0.3) is 39.3 Å². The molecular weight excluding hydrogens is 330 g/mol. The Morgan fingerprint density at radius 3 is 2.65 bits per heavy atom. The van der Waals surface area contributed by atoms with Gasteiger partial charge in [-0.05, 0) is 36.4 Å². The minimum atomic E-state index is 0.369. The van der Waals surface area contributed by atoms with E-state index in [4.69, 9.17) is 9.15 Å². The third-order valence-corrected chi connectivity index (χ3v) is 4.31. The number of nitrogens with zero attached hydrogens (tertiary/aromatic N) is 4. The maximum Gasteiger partial charge on any atom is 0.243 e. The van der Waals surface area contributed by atoms with Crippen LogP contribution in [-0.4, -0.2) is 31.8 Å². The molecule has 0 aliphatic rings. The summed E-state index contributed by atoms with van der Waals surface area (Å²) in [5, 5.41) is 15.2. The number of hydrogen-bond acceptors (Lipinski definition) is 5. The van der Waals surface area contributed by atoms with Crippen molar-refractivity contribution in [1.29, 1.82) is 0 Å². The molecule has 0 amide bonds. The van der Waals surface area contributed by atoms with Gasteiger partial charge < -0.3 is 13.7 Å². The molecule has 0 bridgehead atoms. The van der Waals surface area contributed by atoms with Crippen LogP contribution in [0.2, 0.25) is 0 Å². The largest absolute Gasteiger partial charge is 0.488 e. The third-order valence-electron chi connectivity index (χ3n) is 4.31. The highest BCUT2D eigenvalue weighted by Gasteiger charge is 2.27. The van der Waals surface area contributed by atoms with E-state index in [9.17, 15) is 0 Å². The normalized spacial score (nSPS) is 11.4. The standard InChI is InChI=1S/C19H15N5O2/c1-2-25-17-15-16(26-18(17)19-20-22-23-21-19)13-10-6-7-11-14(13)24(15)12-8-4-3-5-9-12/h3-11H,2H2,1H3,(H,20,21,22,23). The lowest BCUT2D eigenvalue weighted by atomic mass is 10.2. The van der Waals surface area contributed by atoms with Crippen LogP contribution in [0.5, 0.6) is 5.75 Å². The molecule has 0 spiro atoms. The number of H-pyrrole nitrogens is 1. The van der Waals surface area contributed by atoms with Crippen LogP contribution in [0.1, 0.15) is 6.92 Å². The van der Waals surface area contributed by atoms with Crippen molar-refractivity contribution >= 4 is 22.0 Å². The minimum Gasteiger partial charge on any atom is -0.488 e. The predicted octanol–water partition coefficient (Wildman–Crippen LogP) is 3.96. The summed E-state index contributed by atoms with van der Waals surface area (Å²) in [4.78, 5) is 0. The van der Waals surface area contributed by atoms with Crippen LogP contribution in [0.4, 0.5) is 0 Å². The molecule has 5 rings (SSSR count). The van der Waals surface area contributed by atoms with Gasteiger partial charge in [-0.1, -0.05) is 30.3 Å². The Hall–Kier alpha value is -3.61. The maximum absolute atomic E-state index is 6.18. The van der Waals surface area contributed by atoms with Crippen molar-refractivity contribution in [3.8, 4) is 23.0 Å². The van der Waals surface area contributed by atoms with Crippen molar-refractivity contribution < 1.29 is 9.15 Å². The maximum atomic E-state index is 6.18. The number of fused-ring (bicyclic) bond motifs is 3. The van der Waals surface area contributed by atoms with Gasteiger partial charge in [-0.25, -0.2) is 0 Å². The van der Waals surface area contributed by atoms with Crippen LogP contribution in [0.3, 0.4) is 0 Å². The van der Waals surface area contributed by atoms with E-state index in [1.54, 1.807) is 0 Å². The van der Waals surface area contributed by atoms with Crippen molar-refractivity contribution in [2.45, 2.75) is 6.92 Å². The van der Waals surface area contributed by atoms with Gasteiger partial charge in [-0.15, -0.1) is 10.2 Å². The summed E-state index contributed by atoms with van der Waals surface area (Å²) < 4.78 is 14.3. The second kappa shape index (κ2) is 5.73. The van der Waals surface area contributed by atoms with Crippen LogP contribution >= 0.6 is 0 Å². The molecule has 3 heterocycles. The van der Waals surface area contributed by atoms with Gasteiger partial charge in [0.05, 0.1) is 12.1 Å². The Labute approximate surface area is 148 Å².